The molecular formula is C16H24O4. The van der Waals surface area contributed by atoms with E-state index in [1.165, 1.54) is 7.11 Å². The van der Waals surface area contributed by atoms with Crippen LogP contribution in [0.1, 0.15) is 38.7 Å². The molecule has 1 aromatic carbocycles. The molecule has 0 saturated heterocycles. The largest absolute Gasteiger partial charge is 0.497 e. The van der Waals surface area contributed by atoms with Crippen molar-refractivity contribution >= 4 is 5.97 Å². The molecule has 0 radical (unpaired) electrons. The Morgan fingerprint density at radius 3 is 2.15 bits per heavy atom. The fraction of sp³-hybridized carbons (Fsp3) is 0.562. The van der Waals surface area contributed by atoms with Gasteiger partial charge in [0.25, 0.3) is 0 Å². The number of esters is 1. The number of hydrogen-bond acceptors (Lipinski definition) is 4. The average Bonchev–Trinajstić information content (AvgIpc) is 2.47. The lowest BCUT2D eigenvalue weighted by Crippen LogP contribution is -2.49. The van der Waals surface area contributed by atoms with E-state index in [0.29, 0.717) is 6.42 Å². The molecule has 1 aromatic rings. The summed E-state index contributed by atoms with van der Waals surface area (Å²) < 4.78 is 9.94. The molecule has 0 spiro atoms. The predicted octanol–water partition coefficient (Wildman–Crippen LogP) is 2.75. The van der Waals surface area contributed by atoms with Crippen LogP contribution in [-0.2, 0) is 9.53 Å². The van der Waals surface area contributed by atoms with Crippen molar-refractivity contribution in [2.75, 3.05) is 14.2 Å². The molecule has 0 heterocycles. The van der Waals surface area contributed by atoms with Crippen molar-refractivity contribution in [3.05, 3.63) is 29.8 Å². The van der Waals surface area contributed by atoms with Crippen LogP contribution in [0.2, 0.25) is 0 Å². The molecule has 4 nitrogen and oxygen atoms in total. The van der Waals surface area contributed by atoms with Crippen LogP contribution in [-0.4, -0.2) is 30.9 Å². The molecule has 0 aliphatic heterocycles. The van der Waals surface area contributed by atoms with Crippen molar-refractivity contribution in [1.82, 2.24) is 0 Å². The van der Waals surface area contributed by atoms with Crippen LogP contribution in [0.5, 0.6) is 5.75 Å². The van der Waals surface area contributed by atoms with Crippen molar-refractivity contribution in [1.29, 1.82) is 0 Å². The monoisotopic (exact) mass is 280 g/mol. The molecule has 0 amide bonds. The molecule has 20 heavy (non-hydrogen) atoms. The van der Waals surface area contributed by atoms with Crippen LogP contribution in [0.15, 0.2) is 24.3 Å². The maximum absolute atomic E-state index is 12.1. The molecule has 0 saturated carbocycles. The van der Waals surface area contributed by atoms with Crippen LogP contribution in [0.4, 0.5) is 0 Å². The van der Waals surface area contributed by atoms with Crippen molar-refractivity contribution < 1.29 is 19.4 Å². The highest BCUT2D eigenvalue weighted by molar-refractivity contribution is 5.81. The Kier molecular flexibility index (Phi) is 5.57. The van der Waals surface area contributed by atoms with Crippen molar-refractivity contribution in [2.24, 2.45) is 5.92 Å². The summed E-state index contributed by atoms with van der Waals surface area (Å²) in [6.45, 7) is 5.59. The molecule has 0 aromatic heterocycles. The van der Waals surface area contributed by atoms with Gasteiger partial charge in [0, 0.05) is 5.92 Å². The minimum Gasteiger partial charge on any atom is -0.497 e. The van der Waals surface area contributed by atoms with Gasteiger partial charge in [-0.2, -0.15) is 0 Å². The SMILES string of the molecule is CCC(c1ccc(OC)cc1)C(O)(C(=O)OC)C(C)C. The van der Waals surface area contributed by atoms with Crippen LogP contribution in [0, 0.1) is 5.92 Å². The molecule has 112 valence electrons. The normalized spacial score (nSPS) is 15.6. The second-order valence-corrected chi connectivity index (χ2v) is 5.21. The first-order valence-corrected chi connectivity index (χ1v) is 6.86. The highest BCUT2D eigenvalue weighted by Gasteiger charge is 2.47. The molecule has 0 aliphatic carbocycles. The molecule has 0 fully saturated rings. The van der Waals surface area contributed by atoms with Crippen molar-refractivity contribution in [2.45, 2.75) is 38.7 Å². The van der Waals surface area contributed by atoms with Gasteiger partial charge in [0.15, 0.2) is 5.60 Å². The lowest BCUT2D eigenvalue weighted by Gasteiger charge is -2.36. The lowest BCUT2D eigenvalue weighted by molar-refractivity contribution is -0.171. The zero-order valence-corrected chi connectivity index (χ0v) is 12.8. The Bertz CT molecular complexity index is 438. The summed E-state index contributed by atoms with van der Waals surface area (Å²) in [6, 6.07) is 7.42. The summed E-state index contributed by atoms with van der Waals surface area (Å²) in [5, 5.41) is 10.9. The maximum atomic E-state index is 12.1. The second-order valence-electron chi connectivity index (χ2n) is 5.21. The third kappa shape index (κ3) is 2.96. The van der Waals surface area contributed by atoms with Gasteiger partial charge in [0.1, 0.15) is 5.75 Å². The summed E-state index contributed by atoms with van der Waals surface area (Å²) in [7, 11) is 2.90. The van der Waals surface area contributed by atoms with Crippen molar-refractivity contribution in [3.63, 3.8) is 0 Å². The first-order valence-electron chi connectivity index (χ1n) is 6.86. The molecule has 0 bridgehead atoms. The number of carbonyl (C=O) groups is 1. The van der Waals surface area contributed by atoms with Gasteiger partial charge in [0.2, 0.25) is 0 Å². The zero-order valence-electron chi connectivity index (χ0n) is 12.8. The number of methoxy groups -OCH3 is 2. The van der Waals surface area contributed by atoms with Crippen LogP contribution in [0.25, 0.3) is 0 Å². The van der Waals surface area contributed by atoms with Gasteiger partial charge in [-0.3, -0.25) is 0 Å². The Labute approximate surface area is 120 Å². The second kappa shape index (κ2) is 6.75. The average molecular weight is 280 g/mol. The molecule has 1 N–H and O–H groups in total. The van der Waals surface area contributed by atoms with Gasteiger partial charge < -0.3 is 14.6 Å². The Hall–Kier alpha value is -1.55. The Morgan fingerprint density at radius 1 is 1.25 bits per heavy atom. The van der Waals surface area contributed by atoms with E-state index >= 15 is 0 Å². The van der Waals surface area contributed by atoms with Gasteiger partial charge in [-0.15, -0.1) is 0 Å². The van der Waals surface area contributed by atoms with Gasteiger partial charge in [-0.1, -0.05) is 32.9 Å². The van der Waals surface area contributed by atoms with E-state index < -0.39 is 11.6 Å². The minimum absolute atomic E-state index is 0.248. The van der Waals surface area contributed by atoms with Gasteiger partial charge in [-0.05, 0) is 30.0 Å². The summed E-state index contributed by atoms with van der Waals surface area (Å²) >= 11 is 0. The molecule has 2 unspecified atom stereocenters. The zero-order chi connectivity index (χ0) is 15.3. The highest BCUT2D eigenvalue weighted by Crippen LogP contribution is 2.38. The van der Waals surface area contributed by atoms with Gasteiger partial charge in [-0.25, -0.2) is 4.79 Å². The third-order valence-corrected chi connectivity index (χ3v) is 3.85. The minimum atomic E-state index is -1.53. The summed E-state index contributed by atoms with van der Waals surface area (Å²) in [6.07, 6.45) is 0.635. The first kappa shape index (κ1) is 16.5. The van der Waals surface area contributed by atoms with E-state index in [9.17, 15) is 9.90 Å². The Morgan fingerprint density at radius 2 is 1.80 bits per heavy atom. The van der Waals surface area contributed by atoms with Crippen LogP contribution in [0.3, 0.4) is 0 Å². The quantitative estimate of drug-likeness (QED) is 0.814. The topological polar surface area (TPSA) is 55.8 Å². The number of aliphatic hydroxyl groups is 1. The van der Waals surface area contributed by atoms with E-state index in [-0.39, 0.29) is 11.8 Å². The van der Waals surface area contributed by atoms with Gasteiger partial charge in [0.05, 0.1) is 14.2 Å². The molecule has 0 aliphatic rings. The van der Waals surface area contributed by atoms with Gasteiger partial charge >= 0.3 is 5.97 Å². The summed E-state index contributed by atoms with van der Waals surface area (Å²) in [4.78, 5) is 12.1. The number of hydrogen-bond donors (Lipinski definition) is 1. The van der Waals surface area contributed by atoms with E-state index in [4.69, 9.17) is 9.47 Å². The standard InChI is InChI=1S/C16H24O4/c1-6-14(12-7-9-13(19-4)10-8-12)16(18,11(2)3)15(17)20-5/h7-11,14,18H,6H2,1-5H3. The molecule has 1 rings (SSSR count). The van der Waals surface area contributed by atoms with E-state index in [1.807, 2.05) is 45.0 Å². The fourth-order valence-electron chi connectivity index (χ4n) is 2.58. The highest BCUT2D eigenvalue weighted by atomic mass is 16.5. The lowest BCUT2D eigenvalue weighted by atomic mass is 9.73. The molecule has 2 atom stereocenters. The number of ether oxygens (including phenoxy) is 2. The molecular weight excluding hydrogens is 256 g/mol. The van der Waals surface area contributed by atoms with Crippen molar-refractivity contribution in [3.8, 4) is 5.75 Å². The van der Waals surface area contributed by atoms with E-state index in [2.05, 4.69) is 0 Å². The van der Waals surface area contributed by atoms with Crippen LogP contribution >= 0.6 is 0 Å². The summed E-state index contributed by atoms with van der Waals surface area (Å²) in [5.41, 5.74) is -0.632. The Balaban J connectivity index is 3.22. The maximum Gasteiger partial charge on any atom is 0.338 e. The molecule has 4 heteroatoms. The number of benzene rings is 1. The number of rotatable bonds is 6. The third-order valence-electron chi connectivity index (χ3n) is 3.85. The smallest absolute Gasteiger partial charge is 0.338 e. The number of carbonyl (C=O) groups excluding carboxylic acids is 1. The predicted molar refractivity (Wildman–Crippen MR) is 77.8 cm³/mol. The first-order chi connectivity index (χ1) is 9.41. The van der Waals surface area contributed by atoms with Crippen LogP contribution < -0.4 is 4.74 Å². The van der Waals surface area contributed by atoms with E-state index in [0.717, 1.165) is 11.3 Å². The summed E-state index contributed by atoms with van der Waals surface area (Å²) in [5.74, 6) is -0.409. The van der Waals surface area contributed by atoms with E-state index in [1.54, 1.807) is 7.11 Å². The fourth-order valence-corrected chi connectivity index (χ4v) is 2.58.